The van der Waals surface area contributed by atoms with Crippen molar-refractivity contribution >= 4 is 33.7 Å². The fraction of sp³-hybridized carbons (Fsp3) is 0.154. The standard InChI is InChI=1S/C26H25N3O/c1-26(2,3)20-9-12-21(13-10-20)29-25(30)23-6-4-5-7-24(23)28-22-11-8-18-14-15-27-17-19(18)16-22/h4-17,28H,1-3H3,(H,29,30). The summed E-state index contributed by atoms with van der Waals surface area (Å²) in [5.41, 5.74) is 4.33. The van der Waals surface area contributed by atoms with Crippen LogP contribution < -0.4 is 10.6 Å². The SMILES string of the molecule is CC(C)(C)c1ccc(NC(=O)c2ccccc2Nc2ccc3ccncc3c2)cc1. The van der Waals surface area contributed by atoms with Crippen molar-refractivity contribution in [1.29, 1.82) is 0 Å². The van der Waals surface area contributed by atoms with Crippen LogP contribution in [0.3, 0.4) is 0 Å². The number of hydrogen-bond donors (Lipinski definition) is 2. The zero-order chi connectivity index (χ0) is 21.1. The van der Waals surface area contributed by atoms with Gasteiger partial charge in [0, 0.05) is 29.2 Å². The Kier molecular flexibility index (Phi) is 5.23. The predicted octanol–water partition coefficient (Wildman–Crippen LogP) is 6.53. The second-order valence-corrected chi connectivity index (χ2v) is 8.39. The highest BCUT2D eigenvalue weighted by molar-refractivity contribution is 6.08. The highest BCUT2D eigenvalue weighted by atomic mass is 16.1. The third-order valence-corrected chi connectivity index (χ3v) is 5.10. The molecule has 3 aromatic carbocycles. The van der Waals surface area contributed by atoms with Gasteiger partial charge in [0.25, 0.3) is 5.91 Å². The molecule has 0 aliphatic heterocycles. The molecule has 0 aliphatic rings. The minimum absolute atomic E-state index is 0.0778. The van der Waals surface area contributed by atoms with Gasteiger partial charge in [0.2, 0.25) is 0 Å². The molecule has 0 fully saturated rings. The molecule has 1 amide bonds. The van der Waals surface area contributed by atoms with E-state index in [9.17, 15) is 4.79 Å². The number of nitrogens with one attached hydrogen (secondary N) is 2. The molecule has 0 aliphatic carbocycles. The maximum absolute atomic E-state index is 13.0. The van der Waals surface area contributed by atoms with Gasteiger partial charge in [-0.05, 0) is 58.8 Å². The average Bonchev–Trinajstić information content (AvgIpc) is 2.74. The Bertz CT molecular complexity index is 1190. The number of para-hydroxylation sites is 1. The van der Waals surface area contributed by atoms with Crippen molar-refractivity contribution in [2.24, 2.45) is 0 Å². The minimum atomic E-state index is -0.149. The van der Waals surface area contributed by atoms with Gasteiger partial charge in [-0.1, -0.05) is 51.1 Å². The van der Waals surface area contributed by atoms with Gasteiger partial charge in [0.1, 0.15) is 0 Å². The summed E-state index contributed by atoms with van der Waals surface area (Å²) in [4.78, 5) is 17.1. The summed E-state index contributed by atoms with van der Waals surface area (Å²) in [5, 5.41) is 8.55. The van der Waals surface area contributed by atoms with Gasteiger partial charge in [-0.2, -0.15) is 0 Å². The van der Waals surface area contributed by atoms with E-state index in [0.29, 0.717) is 5.56 Å². The van der Waals surface area contributed by atoms with Gasteiger partial charge in [0.05, 0.1) is 11.3 Å². The number of carbonyl (C=O) groups is 1. The molecule has 0 spiro atoms. The summed E-state index contributed by atoms with van der Waals surface area (Å²) in [6, 6.07) is 23.6. The first-order valence-electron chi connectivity index (χ1n) is 10.0. The molecule has 4 aromatic rings. The maximum atomic E-state index is 13.0. The van der Waals surface area contributed by atoms with Crippen LogP contribution in [0.1, 0.15) is 36.7 Å². The van der Waals surface area contributed by atoms with Crippen LogP contribution in [-0.2, 0) is 5.41 Å². The fourth-order valence-electron chi connectivity index (χ4n) is 3.36. The Morgan fingerprint density at radius 1 is 0.833 bits per heavy atom. The van der Waals surface area contributed by atoms with Crippen LogP contribution >= 0.6 is 0 Å². The van der Waals surface area contributed by atoms with Crippen molar-refractivity contribution in [2.75, 3.05) is 10.6 Å². The van der Waals surface area contributed by atoms with E-state index in [0.717, 1.165) is 27.8 Å². The van der Waals surface area contributed by atoms with E-state index < -0.39 is 0 Å². The van der Waals surface area contributed by atoms with Crippen LogP contribution in [0, 0.1) is 0 Å². The molecule has 0 bridgehead atoms. The lowest BCUT2D eigenvalue weighted by Gasteiger charge is -2.19. The molecule has 0 saturated carbocycles. The van der Waals surface area contributed by atoms with Crippen molar-refractivity contribution < 1.29 is 4.79 Å². The predicted molar refractivity (Wildman–Crippen MR) is 125 cm³/mol. The third kappa shape index (κ3) is 4.33. The molecule has 150 valence electrons. The number of carbonyl (C=O) groups excluding carboxylic acids is 1. The van der Waals surface area contributed by atoms with Crippen LogP contribution in [0.25, 0.3) is 10.8 Å². The van der Waals surface area contributed by atoms with Crippen LogP contribution in [0.4, 0.5) is 17.1 Å². The van der Waals surface area contributed by atoms with Crippen molar-refractivity contribution in [3.05, 3.63) is 96.3 Å². The Hall–Kier alpha value is -3.66. The summed E-state index contributed by atoms with van der Waals surface area (Å²) >= 11 is 0. The van der Waals surface area contributed by atoms with Gasteiger partial charge in [-0.3, -0.25) is 9.78 Å². The van der Waals surface area contributed by atoms with E-state index in [-0.39, 0.29) is 11.3 Å². The van der Waals surface area contributed by atoms with E-state index in [1.54, 1.807) is 6.20 Å². The van der Waals surface area contributed by atoms with Crippen molar-refractivity contribution in [3.8, 4) is 0 Å². The lowest BCUT2D eigenvalue weighted by Crippen LogP contribution is -2.15. The molecule has 30 heavy (non-hydrogen) atoms. The quantitative estimate of drug-likeness (QED) is 0.413. The number of hydrogen-bond acceptors (Lipinski definition) is 3. The Morgan fingerprint density at radius 2 is 1.57 bits per heavy atom. The van der Waals surface area contributed by atoms with Gasteiger partial charge >= 0.3 is 0 Å². The molecule has 1 aromatic heterocycles. The Balaban J connectivity index is 1.55. The van der Waals surface area contributed by atoms with Crippen molar-refractivity contribution in [3.63, 3.8) is 0 Å². The Labute approximate surface area is 177 Å². The maximum Gasteiger partial charge on any atom is 0.257 e. The monoisotopic (exact) mass is 395 g/mol. The van der Waals surface area contributed by atoms with Gasteiger partial charge < -0.3 is 10.6 Å². The first-order chi connectivity index (χ1) is 14.4. The summed E-state index contributed by atoms with van der Waals surface area (Å²) in [5.74, 6) is -0.149. The van der Waals surface area contributed by atoms with E-state index in [1.807, 2.05) is 66.9 Å². The van der Waals surface area contributed by atoms with E-state index in [2.05, 4.69) is 48.5 Å². The minimum Gasteiger partial charge on any atom is -0.355 e. The number of rotatable bonds is 4. The topological polar surface area (TPSA) is 54.0 Å². The van der Waals surface area contributed by atoms with Crippen LogP contribution in [0.5, 0.6) is 0 Å². The second kappa shape index (κ2) is 7.99. The normalized spacial score (nSPS) is 11.3. The summed E-state index contributed by atoms with van der Waals surface area (Å²) in [6.07, 6.45) is 3.61. The number of amides is 1. The number of benzene rings is 3. The fourth-order valence-corrected chi connectivity index (χ4v) is 3.36. The molecule has 2 N–H and O–H groups in total. The first kappa shape index (κ1) is 19.6. The number of aromatic nitrogens is 1. The van der Waals surface area contributed by atoms with Gasteiger partial charge in [-0.25, -0.2) is 0 Å². The molecule has 0 radical (unpaired) electrons. The highest BCUT2D eigenvalue weighted by Crippen LogP contribution is 2.26. The molecule has 4 rings (SSSR count). The highest BCUT2D eigenvalue weighted by Gasteiger charge is 2.15. The first-order valence-corrected chi connectivity index (χ1v) is 10.0. The van der Waals surface area contributed by atoms with E-state index >= 15 is 0 Å². The zero-order valence-electron chi connectivity index (χ0n) is 17.4. The molecule has 4 heteroatoms. The zero-order valence-corrected chi connectivity index (χ0v) is 17.4. The second-order valence-electron chi connectivity index (χ2n) is 8.39. The third-order valence-electron chi connectivity index (χ3n) is 5.10. The van der Waals surface area contributed by atoms with Crippen LogP contribution in [-0.4, -0.2) is 10.9 Å². The summed E-state index contributed by atoms with van der Waals surface area (Å²) in [6.45, 7) is 6.52. The number of anilines is 3. The van der Waals surface area contributed by atoms with Crippen LogP contribution in [0.15, 0.2) is 85.2 Å². The van der Waals surface area contributed by atoms with Gasteiger partial charge in [0.15, 0.2) is 0 Å². The van der Waals surface area contributed by atoms with Crippen molar-refractivity contribution in [2.45, 2.75) is 26.2 Å². The molecular formula is C26H25N3O. The lowest BCUT2D eigenvalue weighted by molar-refractivity contribution is 0.102. The molecule has 0 saturated heterocycles. The molecule has 0 unspecified atom stereocenters. The van der Waals surface area contributed by atoms with Crippen molar-refractivity contribution in [1.82, 2.24) is 4.98 Å². The molecular weight excluding hydrogens is 370 g/mol. The van der Waals surface area contributed by atoms with E-state index in [1.165, 1.54) is 5.56 Å². The molecule has 0 atom stereocenters. The smallest absolute Gasteiger partial charge is 0.257 e. The molecule has 1 heterocycles. The molecule has 4 nitrogen and oxygen atoms in total. The number of fused-ring (bicyclic) bond motifs is 1. The summed E-state index contributed by atoms with van der Waals surface area (Å²) < 4.78 is 0. The lowest BCUT2D eigenvalue weighted by atomic mass is 9.87. The number of pyridine rings is 1. The van der Waals surface area contributed by atoms with E-state index in [4.69, 9.17) is 0 Å². The number of nitrogens with zero attached hydrogens (tertiary/aromatic N) is 1. The Morgan fingerprint density at radius 3 is 2.33 bits per heavy atom. The largest absolute Gasteiger partial charge is 0.355 e. The summed E-state index contributed by atoms with van der Waals surface area (Å²) in [7, 11) is 0. The van der Waals surface area contributed by atoms with Gasteiger partial charge in [-0.15, -0.1) is 0 Å². The van der Waals surface area contributed by atoms with Crippen LogP contribution in [0.2, 0.25) is 0 Å². The average molecular weight is 396 g/mol.